The number of nitrogens with two attached hydrogens (primary N) is 1. The van der Waals surface area contributed by atoms with Gasteiger partial charge in [0, 0.05) is 25.2 Å². The Morgan fingerprint density at radius 1 is 1.43 bits per heavy atom. The maximum Gasteiger partial charge on any atom is 0.407 e. The summed E-state index contributed by atoms with van der Waals surface area (Å²) >= 11 is 0. The molecule has 1 aliphatic heterocycles. The van der Waals surface area contributed by atoms with Crippen molar-refractivity contribution >= 4 is 6.09 Å². The Balaban J connectivity index is 2.39. The molecule has 1 heterocycles. The van der Waals surface area contributed by atoms with Gasteiger partial charge in [0.1, 0.15) is 5.60 Å². The predicted octanol–water partition coefficient (Wildman–Crippen LogP) is 2.35. The smallest absolute Gasteiger partial charge is 0.407 e. The first-order valence-electron chi connectivity index (χ1n) is 8.17. The second kappa shape index (κ2) is 7.99. The molecule has 1 rings (SSSR count). The van der Waals surface area contributed by atoms with Crippen molar-refractivity contribution in [3.8, 4) is 0 Å². The Kier molecular flexibility index (Phi) is 6.94. The monoisotopic (exact) mass is 299 g/mol. The molecule has 1 aliphatic rings. The highest BCUT2D eigenvalue weighted by Gasteiger charge is 2.31. The van der Waals surface area contributed by atoms with Crippen molar-refractivity contribution in [3.05, 3.63) is 0 Å². The second-order valence-electron chi connectivity index (χ2n) is 7.30. The SMILES string of the molecule is CC(C)C1CCCN1C(CN)CCNC(=O)OC(C)(C)C. The highest BCUT2D eigenvalue weighted by Crippen LogP contribution is 2.26. The number of rotatable bonds is 6. The van der Waals surface area contributed by atoms with Crippen LogP contribution >= 0.6 is 0 Å². The highest BCUT2D eigenvalue weighted by atomic mass is 16.6. The molecule has 2 unspecified atom stereocenters. The van der Waals surface area contributed by atoms with E-state index in [1.165, 1.54) is 12.8 Å². The van der Waals surface area contributed by atoms with E-state index in [2.05, 4.69) is 24.1 Å². The molecule has 21 heavy (non-hydrogen) atoms. The van der Waals surface area contributed by atoms with Gasteiger partial charge in [0.2, 0.25) is 0 Å². The minimum Gasteiger partial charge on any atom is -0.444 e. The number of carbonyl (C=O) groups is 1. The van der Waals surface area contributed by atoms with Gasteiger partial charge in [0.15, 0.2) is 0 Å². The van der Waals surface area contributed by atoms with Crippen LogP contribution in [-0.4, -0.2) is 48.3 Å². The van der Waals surface area contributed by atoms with E-state index in [9.17, 15) is 4.79 Å². The van der Waals surface area contributed by atoms with Gasteiger partial charge in [-0.15, -0.1) is 0 Å². The summed E-state index contributed by atoms with van der Waals surface area (Å²) < 4.78 is 5.24. The van der Waals surface area contributed by atoms with Gasteiger partial charge in [-0.05, 0) is 52.5 Å². The summed E-state index contributed by atoms with van der Waals surface area (Å²) in [7, 11) is 0. The summed E-state index contributed by atoms with van der Waals surface area (Å²) in [5.41, 5.74) is 5.50. The average molecular weight is 299 g/mol. The summed E-state index contributed by atoms with van der Waals surface area (Å²) in [6, 6.07) is 0.968. The van der Waals surface area contributed by atoms with Gasteiger partial charge < -0.3 is 15.8 Å². The molecular formula is C16H33N3O2. The highest BCUT2D eigenvalue weighted by molar-refractivity contribution is 5.67. The van der Waals surface area contributed by atoms with E-state index < -0.39 is 5.60 Å². The first-order chi connectivity index (χ1) is 9.74. The number of alkyl carbamates (subject to hydrolysis) is 1. The van der Waals surface area contributed by atoms with E-state index in [1.807, 2.05) is 20.8 Å². The number of ether oxygens (including phenoxy) is 1. The Bertz CT molecular complexity index is 326. The van der Waals surface area contributed by atoms with E-state index in [-0.39, 0.29) is 6.09 Å². The van der Waals surface area contributed by atoms with E-state index in [1.54, 1.807) is 0 Å². The lowest BCUT2D eigenvalue weighted by molar-refractivity contribution is 0.0519. The number of hydrogen-bond donors (Lipinski definition) is 2. The van der Waals surface area contributed by atoms with Crippen LogP contribution in [0.25, 0.3) is 0 Å². The summed E-state index contributed by atoms with van der Waals surface area (Å²) in [5.74, 6) is 0.653. The van der Waals surface area contributed by atoms with Crippen molar-refractivity contribution in [2.24, 2.45) is 11.7 Å². The van der Waals surface area contributed by atoms with Crippen molar-refractivity contribution in [2.75, 3.05) is 19.6 Å². The largest absolute Gasteiger partial charge is 0.444 e. The zero-order valence-electron chi connectivity index (χ0n) is 14.3. The van der Waals surface area contributed by atoms with Crippen molar-refractivity contribution in [3.63, 3.8) is 0 Å². The number of nitrogens with one attached hydrogen (secondary N) is 1. The molecule has 3 N–H and O–H groups in total. The third-order valence-electron chi connectivity index (χ3n) is 4.00. The van der Waals surface area contributed by atoms with Crippen LogP contribution in [0.1, 0.15) is 53.9 Å². The Morgan fingerprint density at radius 2 is 2.10 bits per heavy atom. The van der Waals surface area contributed by atoms with Gasteiger partial charge in [0.25, 0.3) is 0 Å². The van der Waals surface area contributed by atoms with E-state index in [4.69, 9.17) is 10.5 Å². The van der Waals surface area contributed by atoms with Crippen LogP contribution in [0.3, 0.4) is 0 Å². The Labute approximate surface area is 129 Å². The molecule has 2 atom stereocenters. The molecule has 5 nitrogen and oxygen atoms in total. The quantitative estimate of drug-likeness (QED) is 0.790. The minimum absolute atomic E-state index is 0.342. The molecule has 0 aromatic carbocycles. The summed E-state index contributed by atoms with van der Waals surface area (Å²) in [6.07, 6.45) is 3.03. The van der Waals surface area contributed by atoms with Gasteiger partial charge in [0.05, 0.1) is 0 Å². The first-order valence-corrected chi connectivity index (χ1v) is 8.17. The van der Waals surface area contributed by atoms with Crippen molar-refractivity contribution in [2.45, 2.75) is 71.6 Å². The van der Waals surface area contributed by atoms with Crippen molar-refractivity contribution in [1.82, 2.24) is 10.2 Å². The van der Waals surface area contributed by atoms with Gasteiger partial charge >= 0.3 is 6.09 Å². The molecule has 0 bridgehead atoms. The molecule has 1 fully saturated rings. The lowest BCUT2D eigenvalue weighted by atomic mass is 10.00. The van der Waals surface area contributed by atoms with E-state index >= 15 is 0 Å². The normalized spacial score (nSPS) is 21.6. The average Bonchev–Trinajstić information content (AvgIpc) is 2.81. The topological polar surface area (TPSA) is 67.6 Å². The molecule has 0 spiro atoms. The summed E-state index contributed by atoms with van der Waals surface area (Å²) in [6.45, 7) is 12.5. The number of carbonyl (C=O) groups excluding carboxylic acids is 1. The molecule has 0 aliphatic carbocycles. The predicted molar refractivity (Wildman–Crippen MR) is 86.3 cm³/mol. The van der Waals surface area contributed by atoms with Crippen molar-refractivity contribution in [1.29, 1.82) is 0 Å². The van der Waals surface area contributed by atoms with Gasteiger partial charge in [-0.3, -0.25) is 4.90 Å². The van der Waals surface area contributed by atoms with Crippen LogP contribution in [0.2, 0.25) is 0 Å². The maximum absolute atomic E-state index is 11.6. The van der Waals surface area contributed by atoms with Crippen LogP contribution < -0.4 is 11.1 Å². The van der Waals surface area contributed by atoms with Crippen LogP contribution in [0.15, 0.2) is 0 Å². The lowest BCUT2D eigenvalue weighted by Crippen LogP contribution is -2.47. The van der Waals surface area contributed by atoms with E-state index in [0.29, 0.717) is 31.1 Å². The van der Waals surface area contributed by atoms with Gasteiger partial charge in [-0.1, -0.05) is 13.8 Å². The number of amides is 1. The minimum atomic E-state index is -0.449. The fourth-order valence-corrected chi connectivity index (χ4v) is 3.06. The fraction of sp³-hybridized carbons (Fsp3) is 0.938. The third kappa shape index (κ3) is 6.22. The van der Waals surface area contributed by atoms with Gasteiger partial charge in [-0.25, -0.2) is 4.79 Å². The summed E-state index contributed by atoms with van der Waals surface area (Å²) in [4.78, 5) is 14.2. The van der Waals surface area contributed by atoms with Gasteiger partial charge in [-0.2, -0.15) is 0 Å². The number of hydrogen-bond acceptors (Lipinski definition) is 4. The number of nitrogens with zero attached hydrogens (tertiary/aromatic N) is 1. The molecule has 0 aromatic rings. The lowest BCUT2D eigenvalue weighted by Gasteiger charge is -2.34. The molecule has 5 heteroatoms. The molecule has 1 saturated heterocycles. The van der Waals surface area contributed by atoms with Crippen LogP contribution in [-0.2, 0) is 4.74 Å². The Hall–Kier alpha value is -0.810. The standard InChI is InChI=1S/C16H33N3O2/c1-12(2)14-7-6-10-19(14)13(11-17)8-9-18-15(20)21-16(3,4)5/h12-14H,6-11,17H2,1-5H3,(H,18,20). The molecule has 0 aromatic heterocycles. The maximum atomic E-state index is 11.6. The molecule has 0 radical (unpaired) electrons. The Morgan fingerprint density at radius 3 is 2.62 bits per heavy atom. The first kappa shape index (κ1) is 18.2. The zero-order chi connectivity index (χ0) is 16.0. The number of likely N-dealkylation sites (tertiary alicyclic amines) is 1. The summed E-state index contributed by atoms with van der Waals surface area (Å²) in [5, 5.41) is 2.83. The van der Waals surface area contributed by atoms with Crippen LogP contribution in [0.5, 0.6) is 0 Å². The molecule has 0 saturated carbocycles. The third-order valence-corrected chi connectivity index (χ3v) is 4.00. The molecular weight excluding hydrogens is 266 g/mol. The van der Waals surface area contributed by atoms with Crippen molar-refractivity contribution < 1.29 is 9.53 Å². The zero-order valence-corrected chi connectivity index (χ0v) is 14.3. The fourth-order valence-electron chi connectivity index (χ4n) is 3.06. The van der Waals surface area contributed by atoms with Crippen LogP contribution in [0.4, 0.5) is 4.79 Å². The van der Waals surface area contributed by atoms with Crippen LogP contribution in [0, 0.1) is 5.92 Å². The second-order valence-corrected chi connectivity index (χ2v) is 7.30. The van der Waals surface area contributed by atoms with E-state index in [0.717, 1.165) is 13.0 Å². The molecule has 124 valence electrons. The molecule has 1 amide bonds.